The molecular formula is C15H13ClFN3O. The lowest BCUT2D eigenvalue weighted by Crippen LogP contribution is -2.01. The maximum atomic E-state index is 13.1. The number of benzene rings is 2. The Bertz CT molecular complexity index is 788. The van der Waals surface area contributed by atoms with Gasteiger partial charge in [0.1, 0.15) is 11.6 Å². The number of anilines is 1. The molecule has 1 aromatic heterocycles. The molecule has 0 saturated heterocycles. The van der Waals surface area contributed by atoms with Crippen LogP contribution in [0.3, 0.4) is 0 Å². The summed E-state index contributed by atoms with van der Waals surface area (Å²) in [7, 11) is 1.62. The molecule has 0 saturated carbocycles. The minimum atomic E-state index is -0.420. The first kappa shape index (κ1) is 13.7. The minimum Gasteiger partial charge on any atom is -0.497 e. The number of rotatable bonds is 4. The Morgan fingerprint density at radius 3 is 2.90 bits per heavy atom. The fourth-order valence-corrected chi connectivity index (χ4v) is 2.24. The van der Waals surface area contributed by atoms with Crippen LogP contribution in [0.5, 0.6) is 5.75 Å². The number of H-pyrrole nitrogens is 1. The molecule has 108 valence electrons. The van der Waals surface area contributed by atoms with E-state index in [0.29, 0.717) is 12.5 Å². The first-order valence-corrected chi connectivity index (χ1v) is 6.75. The Kier molecular flexibility index (Phi) is 3.66. The quantitative estimate of drug-likeness (QED) is 0.766. The predicted octanol–water partition coefficient (Wildman–Crippen LogP) is 3.98. The summed E-state index contributed by atoms with van der Waals surface area (Å²) in [4.78, 5) is 7.57. The highest BCUT2D eigenvalue weighted by Gasteiger charge is 2.05. The molecule has 0 amide bonds. The number of aromatic amines is 1. The molecule has 0 radical (unpaired) electrons. The largest absolute Gasteiger partial charge is 0.497 e. The topological polar surface area (TPSA) is 49.9 Å². The highest BCUT2D eigenvalue weighted by molar-refractivity contribution is 6.30. The molecule has 21 heavy (non-hydrogen) atoms. The lowest BCUT2D eigenvalue weighted by Gasteiger charge is -2.04. The zero-order chi connectivity index (χ0) is 14.8. The van der Waals surface area contributed by atoms with E-state index in [1.807, 2.05) is 18.2 Å². The van der Waals surface area contributed by atoms with Gasteiger partial charge in [-0.15, -0.1) is 0 Å². The van der Waals surface area contributed by atoms with Crippen molar-refractivity contribution in [3.63, 3.8) is 0 Å². The van der Waals surface area contributed by atoms with Crippen molar-refractivity contribution < 1.29 is 9.13 Å². The van der Waals surface area contributed by atoms with Crippen LogP contribution in [0.1, 0.15) is 5.56 Å². The van der Waals surface area contributed by atoms with E-state index in [9.17, 15) is 4.39 Å². The number of nitrogens with zero attached hydrogens (tertiary/aromatic N) is 1. The van der Waals surface area contributed by atoms with Crippen molar-refractivity contribution in [2.75, 3.05) is 12.4 Å². The van der Waals surface area contributed by atoms with Crippen LogP contribution >= 0.6 is 11.6 Å². The fraction of sp³-hybridized carbons (Fsp3) is 0.133. The molecule has 0 aliphatic heterocycles. The van der Waals surface area contributed by atoms with Crippen molar-refractivity contribution in [3.05, 3.63) is 52.8 Å². The van der Waals surface area contributed by atoms with Gasteiger partial charge in [-0.3, -0.25) is 0 Å². The molecule has 3 rings (SSSR count). The van der Waals surface area contributed by atoms with E-state index in [1.54, 1.807) is 19.2 Å². The number of fused-ring (bicyclic) bond motifs is 1. The van der Waals surface area contributed by atoms with Gasteiger partial charge in [0, 0.05) is 12.6 Å². The molecule has 0 aliphatic carbocycles. The number of imidazole rings is 1. The van der Waals surface area contributed by atoms with Crippen molar-refractivity contribution in [3.8, 4) is 5.75 Å². The van der Waals surface area contributed by atoms with Gasteiger partial charge < -0.3 is 15.0 Å². The Morgan fingerprint density at radius 2 is 2.14 bits per heavy atom. The van der Waals surface area contributed by atoms with Crippen LogP contribution in [-0.4, -0.2) is 17.1 Å². The predicted molar refractivity (Wildman–Crippen MR) is 81.4 cm³/mol. The highest BCUT2D eigenvalue weighted by atomic mass is 35.5. The van der Waals surface area contributed by atoms with Gasteiger partial charge in [0.25, 0.3) is 0 Å². The van der Waals surface area contributed by atoms with Crippen LogP contribution in [0.2, 0.25) is 5.02 Å². The van der Waals surface area contributed by atoms with Crippen molar-refractivity contribution in [2.45, 2.75) is 6.54 Å². The number of hydrogen-bond donors (Lipinski definition) is 2. The normalized spacial score (nSPS) is 10.8. The lowest BCUT2D eigenvalue weighted by atomic mass is 10.2. The summed E-state index contributed by atoms with van der Waals surface area (Å²) in [5, 5.41) is 3.26. The highest BCUT2D eigenvalue weighted by Crippen LogP contribution is 2.21. The molecule has 0 spiro atoms. The van der Waals surface area contributed by atoms with Gasteiger partial charge in [-0.05, 0) is 29.8 Å². The van der Waals surface area contributed by atoms with Crippen LogP contribution in [0.15, 0.2) is 36.4 Å². The molecule has 1 heterocycles. The minimum absolute atomic E-state index is 0.114. The van der Waals surface area contributed by atoms with Crippen molar-refractivity contribution in [2.24, 2.45) is 0 Å². The third-order valence-corrected chi connectivity index (χ3v) is 3.42. The smallest absolute Gasteiger partial charge is 0.201 e. The number of nitrogens with one attached hydrogen (secondary N) is 2. The molecule has 0 unspecified atom stereocenters. The summed E-state index contributed by atoms with van der Waals surface area (Å²) >= 11 is 5.75. The first-order valence-electron chi connectivity index (χ1n) is 6.37. The van der Waals surface area contributed by atoms with Gasteiger partial charge >= 0.3 is 0 Å². The Morgan fingerprint density at radius 1 is 1.29 bits per heavy atom. The molecule has 2 aromatic carbocycles. The summed E-state index contributed by atoms with van der Waals surface area (Å²) in [6.07, 6.45) is 0. The number of ether oxygens (including phenoxy) is 1. The Hall–Kier alpha value is -2.27. The van der Waals surface area contributed by atoms with Gasteiger partial charge in [0.15, 0.2) is 0 Å². The second-order valence-electron chi connectivity index (χ2n) is 4.57. The molecule has 3 aromatic rings. The van der Waals surface area contributed by atoms with E-state index in [4.69, 9.17) is 16.3 Å². The molecule has 6 heteroatoms. The number of hydrogen-bond acceptors (Lipinski definition) is 3. The van der Waals surface area contributed by atoms with Crippen molar-refractivity contribution in [1.82, 2.24) is 9.97 Å². The molecule has 4 nitrogen and oxygen atoms in total. The van der Waals surface area contributed by atoms with E-state index in [0.717, 1.165) is 22.3 Å². The van der Waals surface area contributed by atoms with Gasteiger partial charge in [-0.2, -0.15) is 0 Å². The monoisotopic (exact) mass is 305 g/mol. The van der Waals surface area contributed by atoms with Gasteiger partial charge in [0.05, 0.1) is 23.2 Å². The maximum absolute atomic E-state index is 13.1. The van der Waals surface area contributed by atoms with Gasteiger partial charge in [0.2, 0.25) is 5.95 Å². The van der Waals surface area contributed by atoms with Crippen molar-refractivity contribution in [1.29, 1.82) is 0 Å². The second kappa shape index (κ2) is 5.61. The summed E-state index contributed by atoms with van der Waals surface area (Å²) in [6, 6.07) is 10.2. The average Bonchev–Trinajstić information content (AvgIpc) is 2.90. The van der Waals surface area contributed by atoms with Crippen LogP contribution in [0, 0.1) is 5.82 Å². The number of halogens is 2. The SMILES string of the molecule is COc1ccc2nc(NCc3ccc(F)c(Cl)c3)[nH]c2c1. The third-order valence-electron chi connectivity index (χ3n) is 3.13. The zero-order valence-corrected chi connectivity index (χ0v) is 12.0. The Balaban J connectivity index is 1.76. The average molecular weight is 306 g/mol. The first-order chi connectivity index (χ1) is 10.2. The standard InChI is InChI=1S/C15H13ClFN3O/c1-21-10-3-5-13-14(7-10)20-15(19-13)18-8-9-2-4-12(17)11(16)6-9/h2-7H,8H2,1H3,(H2,18,19,20). The summed E-state index contributed by atoms with van der Waals surface area (Å²) in [5.41, 5.74) is 2.60. The van der Waals surface area contributed by atoms with Crippen LogP contribution in [0.25, 0.3) is 11.0 Å². The fourth-order valence-electron chi connectivity index (χ4n) is 2.03. The maximum Gasteiger partial charge on any atom is 0.201 e. The van der Waals surface area contributed by atoms with E-state index < -0.39 is 5.82 Å². The zero-order valence-electron chi connectivity index (χ0n) is 11.3. The van der Waals surface area contributed by atoms with E-state index in [-0.39, 0.29) is 5.02 Å². The van der Waals surface area contributed by atoms with Crippen LogP contribution in [-0.2, 0) is 6.54 Å². The van der Waals surface area contributed by atoms with Gasteiger partial charge in [-0.25, -0.2) is 9.37 Å². The summed E-state index contributed by atoms with van der Waals surface area (Å²) in [5.74, 6) is 0.984. The summed E-state index contributed by atoms with van der Waals surface area (Å²) in [6.45, 7) is 0.497. The molecular weight excluding hydrogens is 293 g/mol. The van der Waals surface area contributed by atoms with Crippen molar-refractivity contribution >= 4 is 28.6 Å². The lowest BCUT2D eigenvalue weighted by molar-refractivity contribution is 0.415. The molecule has 0 aliphatic rings. The number of methoxy groups -OCH3 is 1. The van der Waals surface area contributed by atoms with Crippen LogP contribution < -0.4 is 10.1 Å². The molecule has 2 N–H and O–H groups in total. The molecule has 0 atom stereocenters. The van der Waals surface area contributed by atoms with E-state index in [1.165, 1.54) is 6.07 Å². The van der Waals surface area contributed by atoms with E-state index in [2.05, 4.69) is 15.3 Å². The van der Waals surface area contributed by atoms with E-state index >= 15 is 0 Å². The third kappa shape index (κ3) is 2.92. The number of aromatic nitrogens is 2. The Labute approximate surface area is 125 Å². The second-order valence-corrected chi connectivity index (χ2v) is 4.98. The molecule has 0 bridgehead atoms. The molecule has 0 fully saturated rings. The van der Waals surface area contributed by atoms with Crippen LogP contribution in [0.4, 0.5) is 10.3 Å². The summed E-state index contributed by atoms with van der Waals surface area (Å²) < 4.78 is 18.3. The van der Waals surface area contributed by atoms with Gasteiger partial charge in [-0.1, -0.05) is 17.7 Å².